The molecule has 1 aliphatic rings. The number of aryl methyl sites for hydroxylation is 1. The second kappa shape index (κ2) is 5.05. The maximum absolute atomic E-state index is 12.9. The van der Waals surface area contributed by atoms with E-state index < -0.39 is 12.2 Å². The number of halogens is 1. The second-order valence-electron chi connectivity index (χ2n) is 5.17. The Bertz CT molecular complexity index is 363. The minimum atomic E-state index is -0.598. The Morgan fingerprint density at radius 3 is 2.59 bits per heavy atom. The van der Waals surface area contributed by atoms with E-state index in [0.717, 1.165) is 32.4 Å². The quantitative estimate of drug-likeness (QED) is 0.855. The summed E-state index contributed by atoms with van der Waals surface area (Å²) < 4.78 is 12.9. The summed E-state index contributed by atoms with van der Waals surface area (Å²) in [6, 6.07) is 8.50. The van der Waals surface area contributed by atoms with Crippen LogP contribution in [0.1, 0.15) is 24.8 Å². The molecule has 94 valence electrons. The summed E-state index contributed by atoms with van der Waals surface area (Å²) in [6.45, 7) is 3.50. The van der Waals surface area contributed by atoms with E-state index in [-0.39, 0.29) is 0 Å². The van der Waals surface area contributed by atoms with Gasteiger partial charge in [-0.2, -0.15) is 0 Å². The van der Waals surface area contributed by atoms with Gasteiger partial charge in [-0.1, -0.05) is 17.7 Å². The Morgan fingerprint density at radius 2 is 1.94 bits per heavy atom. The highest BCUT2D eigenvalue weighted by Crippen LogP contribution is 2.24. The molecule has 1 saturated heterocycles. The standard InChI is InChI=1S/C14H21FN2/c1-12-3-5-13(6-4-12)17-9-2-7-14(16,11-15)8-10-17/h3-6H,2,7-11,16H2,1H3. The van der Waals surface area contributed by atoms with E-state index in [1.165, 1.54) is 11.3 Å². The van der Waals surface area contributed by atoms with Crippen LogP contribution in [0.4, 0.5) is 10.1 Å². The lowest BCUT2D eigenvalue weighted by molar-refractivity contribution is 0.282. The van der Waals surface area contributed by atoms with Crippen molar-refractivity contribution in [2.24, 2.45) is 5.73 Å². The van der Waals surface area contributed by atoms with Crippen molar-refractivity contribution in [2.75, 3.05) is 24.7 Å². The summed E-state index contributed by atoms with van der Waals surface area (Å²) in [5.41, 5.74) is 7.91. The van der Waals surface area contributed by atoms with Crippen molar-refractivity contribution in [1.29, 1.82) is 0 Å². The van der Waals surface area contributed by atoms with Crippen LogP contribution in [-0.4, -0.2) is 25.3 Å². The van der Waals surface area contributed by atoms with Crippen molar-refractivity contribution in [3.8, 4) is 0 Å². The predicted octanol–water partition coefficient (Wildman–Crippen LogP) is 2.65. The van der Waals surface area contributed by atoms with Crippen molar-refractivity contribution >= 4 is 5.69 Å². The van der Waals surface area contributed by atoms with Crippen LogP contribution in [0.2, 0.25) is 0 Å². The highest BCUT2D eigenvalue weighted by atomic mass is 19.1. The predicted molar refractivity (Wildman–Crippen MR) is 70.1 cm³/mol. The third kappa shape index (κ3) is 2.97. The zero-order valence-corrected chi connectivity index (χ0v) is 10.5. The lowest BCUT2D eigenvalue weighted by Crippen LogP contribution is -2.43. The zero-order valence-electron chi connectivity index (χ0n) is 10.5. The summed E-state index contributed by atoms with van der Waals surface area (Å²) >= 11 is 0. The summed E-state index contributed by atoms with van der Waals surface area (Å²) in [6.07, 6.45) is 2.48. The van der Waals surface area contributed by atoms with Crippen LogP contribution >= 0.6 is 0 Å². The SMILES string of the molecule is Cc1ccc(N2CCCC(N)(CF)CC2)cc1. The van der Waals surface area contributed by atoms with E-state index in [9.17, 15) is 4.39 Å². The Morgan fingerprint density at radius 1 is 1.24 bits per heavy atom. The average molecular weight is 236 g/mol. The van der Waals surface area contributed by atoms with Crippen LogP contribution in [0, 0.1) is 6.92 Å². The number of alkyl halides is 1. The maximum Gasteiger partial charge on any atom is 0.107 e. The highest BCUT2D eigenvalue weighted by Gasteiger charge is 2.28. The molecule has 1 unspecified atom stereocenters. The summed E-state index contributed by atoms with van der Waals surface area (Å²) in [5, 5.41) is 0. The lowest BCUT2D eigenvalue weighted by Gasteiger charge is -2.25. The van der Waals surface area contributed by atoms with E-state index in [4.69, 9.17) is 5.73 Å². The number of hydrogen-bond acceptors (Lipinski definition) is 2. The van der Waals surface area contributed by atoms with Crippen LogP contribution in [0.3, 0.4) is 0 Å². The molecule has 0 radical (unpaired) electrons. The van der Waals surface area contributed by atoms with Crippen molar-refractivity contribution in [3.63, 3.8) is 0 Å². The first kappa shape index (κ1) is 12.4. The molecule has 2 N–H and O–H groups in total. The summed E-state index contributed by atoms with van der Waals surface area (Å²) in [4.78, 5) is 2.31. The van der Waals surface area contributed by atoms with Crippen LogP contribution in [-0.2, 0) is 0 Å². The van der Waals surface area contributed by atoms with Gasteiger partial charge in [0.15, 0.2) is 0 Å². The van der Waals surface area contributed by atoms with E-state index in [1.54, 1.807) is 0 Å². The molecule has 2 rings (SSSR count). The number of nitrogens with zero attached hydrogens (tertiary/aromatic N) is 1. The molecule has 0 saturated carbocycles. The van der Waals surface area contributed by atoms with Gasteiger partial charge in [-0.15, -0.1) is 0 Å². The van der Waals surface area contributed by atoms with Gasteiger partial charge in [-0.05, 0) is 38.3 Å². The fraction of sp³-hybridized carbons (Fsp3) is 0.571. The number of rotatable bonds is 2. The molecule has 17 heavy (non-hydrogen) atoms. The molecule has 1 aromatic carbocycles. The van der Waals surface area contributed by atoms with Crippen molar-refractivity contribution in [1.82, 2.24) is 0 Å². The molecule has 0 spiro atoms. The average Bonchev–Trinajstić information content (AvgIpc) is 2.53. The van der Waals surface area contributed by atoms with Crippen molar-refractivity contribution < 1.29 is 4.39 Å². The van der Waals surface area contributed by atoms with Gasteiger partial charge in [0.25, 0.3) is 0 Å². The number of benzene rings is 1. The number of hydrogen-bond donors (Lipinski definition) is 1. The highest BCUT2D eigenvalue weighted by molar-refractivity contribution is 5.47. The Hall–Kier alpha value is -1.09. The first-order valence-electron chi connectivity index (χ1n) is 6.29. The first-order chi connectivity index (χ1) is 8.13. The molecule has 0 amide bonds. The molecule has 1 fully saturated rings. The molecule has 3 heteroatoms. The maximum atomic E-state index is 12.9. The molecule has 0 bridgehead atoms. The molecule has 1 aromatic rings. The van der Waals surface area contributed by atoms with Gasteiger partial charge in [0.1, 0.15) is 6.67 Å². The minimum Gasteiger partial charge on any atom is -0.371 e. The van der Waals surface area contributed by atoms with Gasteiger partial charge in [-0.25, -0.2) is 4.39 Å². The molecular formula is C14H21FN2. The fourth-order valence-corrected chi connectivity index (χ4v) is 2.36. The largest absolute Gasteiger partial charge is 0.371 e. The van der Waals surface area contributed by atoms with Gasteiger partial charge in [0, 0.05) is 24.3 Å². The first-order valence-corrected chi connectivity index (χ1v) is 6.29. The van der Waals surface area contributed by atoms with Gasteiger partial charge < -0.3 is 10.6 Å². The molecule has 0 aliphatic carbocycles. The monoisotopic (exact) mass is 236 g/mol. The van der Waals surface area contributed by atoms with Gasteiger partial charge in [0.2, 0.25) is 0 Å². The van der Waals surface area contributed by atoms with Crippen molar-refractivity contribution in [3.05, 3.63) is 29.8 Å². The third-order valence-electron chi connectivity index (χ3n) is 3.65. The van der Waals surface area contributed by atoms with Gasteiger partial charge >= 0.3 is 0 Å². The smallest absolute Gasteiger partial charge is 0.107 e. The van der Waals surface area contributed by atoms with Crippen molar-refractivity contribution in [2.45, 2.75) is 31.7 Å². The molecule has 2 nitrogen and oxygen atoms in total. The van der Waals surface area contributed by atoms with E-state index in [0.29, 0.717) is 0 Å². The Balaban J connectivity index is 2.06. The molecular weight excluding hydrogens is 215 g/mol. The third-order valence-corrected chi connectivity index (χ3v) is 3.65. The van der Waals surface area contributed by atoms with Gasteiger partial charge in [0.05, 0.1) is 0 Å². The molecule has 1 aliphatic heterocycles. The van der Waals surface area contributed by atoms with E-state index in [2.05, 4.69) is 36.1 Å². The van der Waals surface area contributed by atoms with Crippen LogP contribution in [0.25, 0.3) is 0 Å². The molecule has 0 aromatic heterocycles. The summed E-state index contributed by atoms with van der Waals surface area (Å²) in [5.74, 6) is 0. The second-order valence-corrected chi connectivity index (χ2v) is 5.17. The van der Waals surface area contributed by atoms with Crippen LogP contribution in [0.15, 0.2) is 24.3 Å². The number of nitrogens with two attached hydrogens (primary N) is 1. The Labute approximate surface area is 103 Å². The zero-order chi connectivity index (χ0) is 12.3. The van der Waals surface area contributed by atoms with E-state index in [1.807, 2.05) is 0 Å². The normalized spacial score (nSPS) is 25.7. The van der Waals surface area contributed by atoms with Gasteiger partial charge in [-0.3, -0.25) is 0 Å². The Kier molecular flexibility index (Phi) is 3.67. The fourth-order valence-electron chi connectivity index (χ4n) is 2.36. The summed E-state index contributed by atoms with van der Waals surface area (Å²) in [7, 11) is 0. The minimum absolute atomic E-state index is 0.408. The number of anilines is 1. The topological polar surface area (TPSA) is 29.3 Å². The van der Waals surface area contributed by atoms with Crippen LogP contribution < -0.4 is 10.6 Å². The molecule has 1 atom stereocenters. The lowest BCUT2D eigenvalue weighted by atomic mass is 9.94. The van der Waals surface area contributed by atoms with Crippen LogP contribution in [0.5, 0.6) is 0 Å². The molecule has 1 heterocycles. The van der Waals surface area contributed by atoms with E-state index >= 15 is 0 Å².